The van der Waals surface area contributed by atoms with Crippen molar-refractivity contribution in [3.63, 3.8) is 0 Å². The zero-order valence-corrected chi connectivity index (χ0v) is 21.9. The van der Waals surface area contributed by atoms with Crippen LogP contribution in [-0.4, -0.2) is 53.6 Å². The summed E-state index contributed by atoms with van der Waals surface area (Å²) in [6.45, 7) is 1.48. The first-order chi connectivity index (χ1) is 18.7. The molecule has 4 aromatic rings. The normalized spacial score (nSPS) is 17.9. The van der Waals surface area contributed by atoms with Gasteiger partial charge in [0.1, 0.15) is 12.7 Å². The highest BCUT2D eigenvalue weighted by molar-refractivity contribution is 8.18. The number of aromatic nitrogens is 5. The predicted octanol–water partition coefficient (Wildman–Crippen LogP) is 5.66. The maximum Gasteiger partial charge on any atom is 0.416 e. The van der Waals surface area contributed by atoms with E-state index in [1.54, 1.807) is 24.7 Å². The summed E-state index contributed by atoms with van der Waals surface area (Å²) in [4.78, 5) is 23.6. The largest absolute Gasteiger partial charge is 0.416 e. The third-order valence-electron chi connectivity index (χ3n) is 6.82. The van der Waals surface area contributed by atoms with E-state index in [1.165, 1.54) is 34.9 Å². The highest BCUT2D eigenvalue weighted by Gasteiger charge is 2.34. The summed E-state index contributed by atoms with van der Waals surface area (Å²) in [6.07, 6.45) is 3.89. The molecular weight excluding hydrogens is 551 g/mol. The molecule has 13 heteroatoms. The Kier molecular flexibility index (Phi) is 6.67. The van der Waals surface area contributed by atoms with Crippen LogP contribution in [0.3, 0.4) is 0 Å². The van der Waals surface area contributed by atoms with Crippen LogP contribution in [0.4, 0.5) is 13.2 Å². The van der Waals surface area contributed by atoms with Gasteiger partial charge < -0.3 is 4.90 Å². The second kappa shape index (κ2) is 10.2. The monoisotopic (exact) mass is 571 g/mol. The van der Waals surface area contributed by atoms with Gasteiger partial charge in [0.05, 0.1) is 34.8 Å². The van der Waals surface area contributed by atoms with Crippen molar-refractivity contribution in [3.8, 4) is 0 Å². The van der Waals surface area contributed by atoms with Gasteiger partial charge in [0, 0.05) is 23.5 Å². The highest BCUT2D eigenvalue weighted by atomic mass is 35.5. The van der Waals surface area contributed by atoms with Crippen LogP contribution in [0.1, 0.15) is 35.6 Å². The van der Waals surface area contributed by atoms with Gasteiger partial charge in [-0.1, -0.05) is 23.7 Å². The topological polar surface area (TPSA) is 81.2 Å². The molecule has 8 nitrogen and oxygen atoms in total. The van der Waals surface area contributed by atoms with Crippen LogP contribution >= 0.6 is 23.4 Å². The van der Waals surface area contributed by atoms with Crippen LogP contribution in [0, 0.1) is 0 Å². The summed E-state index contributed by atoms with van der Waals surface area (Å²) in [6, 6.07) is 9.48. The summed E-state index contributed by atoms with van der Waals surface area (Å²) >= 11 is 7.16. The van der Waals surface area contributed by atoms with Gasteiger partial charge in [-0.25, -0.2) is 9.67 Å². The molecule has 4 heterocycles. The number of hydrogen-bond acceptors (Lipinski definition) is 6. The number of likely N-dealkylation sites (tertiary alicyclic amines) is 1. The van der Waals surface area contributed by atoms with E-state index in [2.05, 4.69) is 25.1 Å². The Labute approximate surface area is 230 Å². The van der Waals surface area contributed by atoms with E-state index in [1.807, 2.05) is 16.8 Å². The van der Waals surface area contributed by atoms with E-state index in [4.69, 9.17) is 11.6 Å². The third-order valence-corrected chi connectivity index (χ3v) is 8.10. The van der Waals surface area contributed by atoms with Gasteiger partial charge in [-0.3, -0.25) is 9.48 Å². The molecule has 39 heavy (non-hydrogen) atoms. The lowest BCUT2D eigenvalue weighted by Gasteiger charge is -2.32. The highest BCUT2D eigenvalue weighted by Crippen LogP contribution is 2.35. The smallest absolute Gasteiger partial charge is 0.351 e. The lowest BCUT2D eigenvalue weighted by molar-refractivity contribution is -0.138. The number of rotatable bonds is 4. The van der Waals surface area contributed by atoms with Gasteiger partial charge in [-0.15, -0.1) is 0 Å². The second-order valence-corrected chi connectivity index (χ2v) is 10.8. The van der Waals surface area contributed by atoms with Crippen molar-refractivity contribution in [2.75, 3.05) is 13.1 Å². The fourth-order valence-electron chi connectivity index (χ4n) is 4.85. The molecule has 0 unspecified atom stereocenters. The number of thioether (sulfide) groups is 1. The summed E-state index contributed by atoms with van der Waals surface area (Å²) in [7, 11) is 0. The molecule has 0 bridgehead atoms. The average Bonchev–Trinajstić information content (AvgIpc) is 3.66. The van der Waals surface area contributed by atoms with Crippen molar-refractivity contribution >= 4 is 51.4 Å². The first-order valence-electron chi connectivity index (χ1n) is 12.2. The molecule has 1 saturated heterocycles. The van der Waals surface area contributed by atoms with E-state index >= 15 is 0 Å². The number of fused-ring (bicyclic) bond motifs is 1. The molecule has 1 amide bonds. The van der Waals surface area contributed by atoms with Crippen molar-refractivity contribution in [2.45, 2.75) is 31.6 Å². The number of carbonyl (C=O) groups excluding carboxylic acids is 1. The molecule has 0 N–H and O–H groups in total. The lowest BCUT2D eigenvalue weighted by atomic mass is 10.1. The molecule has 0 spiro atoms. The Balaban J connectivity index is 1.16. The summed E-state index contributed by atoms with van der Waals surface area (Å²) in [5, 5.41) is 10.0. The Morgan fingerprint density at radius 3 is 2.67 bits per heavy atom. The Hall–Kier alpha value is -3.64. The van der Waals surface area contributed by atoms with Crippen LogP contribution in [0.5, 0.6) is 0 Å². The van der Waals surface area contributed by atoms with Gasteiger partial charge >= 0.3 is 6.18 Å². The number of amides is 1. The number of carbonyl (C=O) groups is 1. The average molecular weight is 572 g/mol. The Bertz CT molecular complexity index is 1610. The minimum absolute atomic E-state index is 0.0248. The third kappa shape index (κ3) is 5.30. The van der Waals surface area contributed by atoms with Crippen molar-refractivity contribution < 1.29 is 18.0 Å². The fraction of sp³-hybridized carbons (Fsp3) is 0.269. The summed E-state index contributed by atoms with van der Waals surface area (Å²) < 4.78 is 44.0. The van der Waals surface area contributed by atoms with Crippen molar-refractivity contribution in [3.05, 3.63) is 81.9 Å². The molecule has 2 aromatic heterocycles. The number of piperidine rings is 1. The molecular formula is C26H21ClF3N7OS. The summed E-state index contributed by atoms with van der Waals surface area (Å²) in [5.74, 6) is -0.286. The molecule has 0 radical (unpaired) electrons. The van der Waals surface area contributed by atoms with E-state index in [-0.39, 0.29) is 29.1 Å². The number of benzene rings is 2. The molecule has 1 fully saturated rings. The van der Waals surface area contributed by atoms with Crippen LogP contribution in [0.2, 0.25) is 5.02 Å². The van der Waals surface area contributed by atoms with Gasteiger partial charge in [-0.05, 0) is 66.1 Å². The molecule has 6 rings (SSSR count). The second-order valence-electron chi connectivity index (χ2n) is 9.32. The molecule has 0 aliphatic carbocycles. The molecule has 2 aromatic carbocycles. The number of nitrogens with zero attached hydrogens (tertiary/aromatic N) is 7. The van der Waals surface area contributed by atoms with Gasteiger partial charge in [-0.2, -0.15) is 28.4 Å². The van der Waals surface area contributed by atoms with Crippen molar-refractivity contribution in [2.24, 2.45) is 4.99 Å². The number of hydrogen-bond donors (Lipinski definition) is 0. The standard InChI is InChI=1S/C26H21ClF3N7OS/c27-19-3-2-17(21(11-19)26(28,29)30)13-36-22-4-1-16(9-18(22)12-32-36)10-23-24(38)34-25(39-23)35-7-5-20(6-8-35)37-15-31-14-33-37/h1-4,9-12,14-15,20H,5-8,13H2/b23-10-. The number of halogens is 4. The Morgan fingerprint density at radius 2 is 1.92 bits per heavy atom. The molecule has 200 valence electrons. The number of amidine groups is 1. The van der Waals surface area contributed by atoms with E-state index in [9.17, 15) is 18.0 Å². The van der Waals surface area contributed by atoms with Crippen molar-refractivity contribution in [1.29, 1.82) is 0 Å². The Morgan fingerprint density at radius 1 is 1.10 bits per heavy atom. The first-order valence-corrected chi connectivity index (χ1v) is 13.4. The fourth-order valence-corrected chi connectivity index (χ4v) is 5.98. The number of aliphatic imine (C=N–C) groups is 1. The van der Waals surface area contributed by atoms with Gasteiger partial charge in [0.25, 0.3) is 5.91 Å². The van der Waals surface area contributed by atoms with Crippen LogP contribution in [-0.2, 0) is 17.5 Å². The minimum atomic E-state index is -4.53. The van der Waals surface area contributed by atoms with Crippen LogP contribution in [0.25, 0.3) is 17.0 Å². The maximum absolute atomic E-state index is 13.5. The van der Waals surface area contributed by atoms with E-state index < -0.39 is 11.7 Å². The minimum Gasteiger partial charge on any atom is -0.351 e. The van der Waals surface area contributed by atoms with E-state index in [0.29, 0.717) is 15.6 Å². The van der Waals surface area contributed by atoms with Gasteiger partial charge in [0.2, 0.25) is 0 Å². The molecule has 0 atom stereocenters. The number of alkyl halides is 3. The van der Waals surface area contributed by atoms with Crippen LogP contribution < -0.4 is 0 Å². The molecule has 2 aliphatic heterocycles. The lowest BCUT2D eigenvalue weighted by Crippen LogP contribution is -2.37. The van der Waals surface area contributed by atoms with Gasteiger partial charge in [0.15, 0.2) is 5.17 Å². The molecule has 2 aliphatic rings. The zero-order chi connectivity index (χ0) is 27.1. The quantitative estimate of drug-likeness (QED) is 0.294. The first kappa shape index (κ1) is 25.6. The van der Waals surface area contributed by atoms with Crippen molar-refractivity contribution in [1.82, 2.24) is 29.4 Å². The molecule has 0 saturated carbocycles. The van der Waals surface area contributed by atoms with Crippen LogP contribution in [0.15, 0.2) is 65.1 Å². The predicted molar refractivity (Wildman–Crippen MR) is 143 cm³/mol. The SMILES string of the molecule is O=C1N=C(N2CCC(n3cncn3)CC2)S/C1=C\c1ccc2c(cnn2Cc2ccc(Cl)cc2C(F)(F)F)c1. The van der Waals surface area contributed by atoms with E-state index in [0.717, 1.165) is 42.9 Å². The zero-order valence-electron chi connectivity index (χ0n) is 20.3. The summed E-state index contributed by atoms with van der Waals surface area (Å²) in [5.41, 5.74) is 0.751. The maximum atomic E-state index is 13.5.